The lowest BCUT2D eigenvalue weighted by atomic mass is 10.1. The van der Waals surface area contributed by atoms with Crippen LogP contribution in [0.1, 0.15) is 17.3 Å². The number of halogens is 1. The zero-order valence-corrected chi connectivity index (χ0v) is 11.3. The average molecular weight is 314 g/mol. The minimum Gasteiger partial charge on any atom is -0.501 e. The lowest BCUT2D eigenvalue weighted by Gasteiger charge is -2.05. The van der Waals surface area contributed by atoms with E-state index in [-0.39, 0.29) is 17.0 Å². The molecule has 0 fully saturated rings. The molecule has 0 saturated heterocycles. The van der Waals surface area contributed by atoms with Gasteiger partial charge in [0.15, 0.2) is 0 Å². The molecule has 1 aromatic heterocycles. The van der Waals surface area contributed by atoms with E-state index in [0.29, 0.717) is 0 Å². The highest BCUT2D eigenvalue weighted by Gasteiger charge is 2.26. The average Bonchev–Trinajstić information content (AvgIpc) is 2.40. The second kappa shape index (κ2) is 5.41. The normalized spacial score (nSPS) is 10.6. The van der Waals surface area contributed by atoms with Gasteiger partial charge in [0.1, 0.15) is 5.56 Å². The molecule has 0 spiro atoms. The number of aromatic hydroxyl groups is 1. The molecule has 0 atom stereocenters. The number of phenolic OH excluding ortho intramolecular Hbond substituents is 1. The number of hydrogen-bond acceptors (Lipinski definition) is 7. The first kappa shape index (κ1) is 14.8. The van der Waals surface area contributed by atoms with Crippen molar-refractivity contribution in [1.82, 2.24) is 0 Å². The molecule has 0 aliphatic carbocycles. The molecule has 110 valence electrons. The third-order valence-corrected chi connectivity index (χ3v) is 2.89. The zero-order chi connectivity index (χ0) is 15.7. The second-order valence-corrected chi connectivity index (χ2v) is 4.31. The van der Waals surface area contributed by atoms with Gasteiger partial charge in [-0.25, -0.2) is 9.59 Å². The number of nitro benzene ring substituents is 1. The van der Waals surface area contributed by atoms with Crippen molar-refractivity contribution in [3.8, 4) is 5.75 Å². The number of carbonyl (C=O) groups excluding carboxylic acids is 1. The van der Waals surface area contributed by atoms with Gasteiger partial charge in [-0.15, -0.1) is 0 Å². The summed E-state index contributed by atoms with van der Waals surface area (Å²) in [6.45, 7) is 1.60. The summed E-state index contributed by atoms with van der Waals surface area (Å²) in [4.78, 5) is 33.3. The third-order valence-electron chi connectivity index (χ3n) is 2.60. The monoisotopic (exact) mass is 313 g/mol. The molecule has 0 unspecified atom stereocenters. The van der Waals surface area contributed by atoms with Gasteiger partial charge < -0.3 is 14.3 Å². The van der Waals surface area contributed by atoms with Gasteiger partial charge in [0.05, 0.1) is 16.6 Å². The number of hydrogen-bond donors (Lipinski definition) is 1. The second-order valence-electron chi connectivity index (χ2n) is 3.90. The van der Waals surface area contributed by atoms with E-state index in [1.54, 1.807) is 6.92 Å². The summed E-state index contributed by atoms with van der Waals surface area (Å²) in [5.74, 6) is -1.73. The number of rotatable bonds is 3. The van der Waals surface area contributed by atoms with Crippen LogP contribution in [-0.4, -0.2) is 22.6 Å². The van der Waals surface area contributed by atoms with Crippen LogP contribution in [0, 0.1) is 10.1 Å². The van der Waals surface area contributed by atoms with Crippen molar-refractivity contribution in [3.63, 3.8) is 0 Å². The van der Waals surface area contributed by atoms with Crippen LogP contribution in [0.25, 0.3) is 11.0 Å². The van der Waals surface area contributed by atoms with Crippen molar-refractivity contribution >= 4 is 34.2 Å². The molecule has 0 bridgehead atoms. The maximum Gasteiger partial charge on any atom is 0.355 e. The maximum atomic E-state index is 11.7. The van der Waals surface area contributed by atoms with E-state index in [1.165, 1.54) is 0 Å². The molecule has 0 amide bonds. The molecule has 1 aromatic carbocycles. The largest absolute Gasteiger partial charge is 0.501 e. The third kappa shape index (κ3) is 2.52. The highest BCUT2D eigenvalue weighted by Crippen LogP contribution is 2.39. The zero-order valence-electron chi connectivity index (χ0n) is 10.6. The standard InChI is InChI=1S/C12H8ClNO7/c1-2-20-11(16)6-3-5-4-7(13)9(15)8(14(18)19)10(5)21-12(6)17/h3-4,15H,2H2,1H3. The first-order valence-electron chi connectivity index (χ1n) is 5.67. The van der Waals surface area contributed by atoms with E-state index in [1.807, 2.05) is 0 Å². The maximum absolute atomic E-state index is 11.7. The van der Waals surface area contributed by atoms with Crippen LogP contribution in [0.3, 0.4) is 0 Å². The van der Waals surface area contributed by atoms with Crippen LogP contribution in [0.4, 0.5) is 5.69 Å². The summed E-state index contributed by atoms with van der Waals surface area (Å²) < 4.78 is 9.45. The minimum absolute atomic E-state index is 0.0205. The highest BCUT2D eigenvalue weighted by atomic mass is 35.5. The Morgan fingerprint density at radius 3 is 2.76 bits per heavy atom. The molecule has 9 heteroatoms. The van der Waals surface area contributed by atoms with Crippen LogP contribution in [-0.2, 0) is 4.74 Å². The van der Waals surface area contributed by atoms with Crippen molar-refractivity contribution in [2.45, 2.75) is 6.92 Å². The van der Waals surface area contributed by atoms with E-state index in [0.717, 1.165) is 12.1 Å². The van der Waals surface area contributed by atoms with Gasteiger partial charge in [-0.3, -0.25) is 10.1 Å². The first-order chi connectivity index (χ1) is 9.86. The number of phenols is 1. The predicted molar refractivity (Wildman–Crippen MR) is 71.8 cm³/mol. The minimum atomic E-state index is -1.11. The van der Waals surface area contributed by atoms with Crippen LogP contribution in [0.5, 0.6) is 5.75 Å². The molecule has 0 radical (unpaired) electrons. The van der Waals surface area contributed by atoms with Gasteiger partial charge in [0.25, 0.3) is 0 Å². The number of nitrogens with zero attached hydrogens (tertiary/aromatic N) is 1. The summed E-state index contributed by atoms with van der Waals surface area (Å²) in [5, 5.41) is 20.3. The highest BCUT2D eigenvalue weighted by molar-refractivity contribution is 6.33. The number of carbonyl (C=O) groups is 1. The molecule has 1 heterocycles. The fourth-order valence-electron chi connectivity index (χ4n) is 1.72. The number of nitro groups is 1. The van der Waals surface area contributed by atoms with E-state index >= 15 is 0 Å². The topological polar surface area (TPSA) is 120 Å². The Morgan fingerprint density at radius 2 is 2.19 bits per heavy atom. The van der Waals surface area contributed by atoms with Gasteiger partial charge >= 0.3 is 17.3 Å². The smallest absolute Gasteiger partial charge is 0.355 e. The Hall–Kier alpha value is -2.61. The van der Waals surface area contributed by atoms with Gasteiger partial charge in [0.2, 0.25) is 11.3 Å². The van der Waals surface area contributed by atoms with E-state index in [4.69, 9.17) is 16.0 Å². The fraction of sp³-hybridized carbons (Fsp3) is 0.167. The number of benzene rings is 1. The van der Waals surface area contributed by atoms with Gasteiger partial charge in [-0.2, -0.15) is 0 Å². The van der Waals surface area contributed by atoms with Gasteiger partial charge in [-0.05, 0) is 19.1 Å². The summed E-state index contributed by atoms with van der Waals surface area (Å²) in [6.07, 6.45) is 0. The van der Waals surface area contributed by atoms with E-state index < -0.39 is 39.1 Å². The SMILES string of the molecule is CCOC(=O)c1cc2cc(Cl)c(O)c([N+](=O)[O-])c2oc1=O. The Kier molecular flexibility index (Phi) is 3.81. The summed E-state index contributed by atoms with van der Waals surface area (Å²) in [6, 6.07) is 2.21. The fourth-order valence-corrected chi connectivity index (χ4v) is 1.93. The molecule has 0 saturated carbocycles. The quantitative estimate of drug-likeness (QED) is 0.399. The number of ether oxygens (including phenoxy) is 1. The van der Waals surface area contributed by atoms with Crippen molar-refractivity contribution in [2.75, 3.05) is 6.61 Å². The Labute approximate surface area is 121 Å². The molecular formula is C12H8ClNO7. The van der Waals surface area contributed by atoms with Crippen LogP contribution in [0.15, 0.2) is 21.3 Å². The summed E-state index contributed by atoms with van der Waals surface area (Å²) in [7, 11) is 0. The van der Waals surface area contributed by atoms with Crippen molar-refractivity contribution in [3.05, 3.63) is 43.3 Å². The Morgan fingerprint density at radius 1 is 1.52 bits per heavy atom. The lowest BCUT2D eigenvalue weighted by Crippen LogP contribution is -2.16. The van der Waals surface area contributed by atoms with Gasteiger partial charge in [0, 0.05) is 5.39 Å². The number of fused-ring (bicyclic) bond motifs is 1. The Bertz CT molecular complexity index is 811. The van der Waals surface area contributed by atoms with Crippen LogP contribution < -0.4 is 5.63 Å². The lowest BCUT2D eigenvalue weighted by molar-refractivity contribution is -0.384. The molecule has 2 aromatic rings. The molecular weight excluding hydrogens is 306 g/mol. The molecule has 0 aliphatic rings. The molecule has 8 nitrogen and oxygen atoms in total. The number of esters is 1. The van der Waals surface area contributed by atoms with Gasteiger partial charge in [-0.1, -0.05) is 11.6 Å². The Balaban J connectivity index is 2.82. The first-order valence-corrected chi connectivity index (χ1v) is 6.05. The predicted octanol–water partition coefficient (Wildman–Crippen LogP) is 2.24. The molecule has 0 aliphatic heterocycles. The molecule has 2 rings (SSSR count). The van der Waals surface area contributed by atoms with Crippen molar-refractivity contribution in [2.24, 2.45) is 0 Å². The van der Waals surface area contributed by atoms with Crippen LogP contribution >= 0.6 is 11.6 Å². The summed E-state index contributed by atoms with van der Waals surface area (Å²) in [5.41, 5.74) is -2.84. The van der Waals surface area contributed by atoms with E-state index in [9.17, 15) is 24.8 Å². The van der Waals surface area contributed by atoms with Crippen LogP contribution in [0.2, 0.25) is 5.02 Å². The van der Waals surface area contributed by atoms with E-state index in [2.05, 4.69) is 4.74 Å². The van der Waals surface area contributed by atoms with Crippen molar-refractivity contribution in [1.29, 1.82) is 0 Å². The summed E-state index contributed by atoms with van der Waals surface area (Å²) >= 11 is 5.68. The molecule has 1 N–H and O–H groups in total. The molecule has 21 heavy (non-hydrogen) atoms. The van der Waals surface area contributed by atoms with Crippen molar-refractivity contribution < 1.29 is 24.0 Å².